The van der Waals surface area contributed by atoms with Gasteiger partial charge in [-0.1, -0.05) is 13.0 Å². The van der Waals surface area contributed by atoms with E-state index in [0.717, 1.165) is 12.2 Å². The molecule has 3 atom stereocenters. The average Bonchev–Trinajstić information content (AvgIpc) is 2.85. The largest absolute Gasteiger partial charge is 0.491 e. The number of fused-ring (bicyclic) bond motifs is 1. The average molecular weight is 485 g/mol. The van der Waals surface area contributed by atoms with E-state index in [0.29, 0.717) is 36.7 Å². The van der Waals surface area contributed by atoms with Crippen molar-refractivity contribution >= 4 is 17.5 Å². The molecular weight excluding hydrogens is 448 g/mol. The second kappa shape index (κ2) is 12.6. The molecule has 0 fully saturated rings. The summed E-state index contributed by atoms with van der Waals surface area (Å²) in [6.45, 7) is 6.42. The minimum atomic E-state index is -0.297. The first kappa shape index (κ1) is 26.6. The van der Waals surface area contributed by atoms with Gasteiger partial charge in [-0.05, 0) is 43.2 Å². The third-order valence-corrected chi connectivity index (χ3v) is 6.22. The summed E-state index contributed by atoms with van der Waals surface area (Å²) in [4.78, 5) is 33.9. The third kappa shape index (κ3) is 7.24. The van der Waals surface area contributed by atoms with Gasteiger partial charge in [0.25, 0.3) is 5.91 Å². The summed E-state index contributed by atoms with van der Waals surface area (Å²) >= 11 is 0. The Bertz CT molecular complexity index is 987. The number of pyridine rings is 1. The van der Waals surface area contributed by atoms with Gasteiger partial charge in [-0.15, -0.1) is 0 Å². The highest BCUT2D eigenvalue weighted by Gasteiger charge is 2.28. The lowest BCUT2D eigenvalue weighted by Crippen LogP contribution is -2.46. The van der Waals surface area contributed by atoms with Gasteiger partial charge in [0.1, 0.15) is 19.0 Å². The van der Waals surface area contributed by atoms with Crippen molar-refractivity contribution in [3.63, 3.8) is 0 Å². The lowest BCUT2D eigenvalue weighted by Gasteiger charge is -2.35. The zero-order chi connectivity index (χ0) is 25.4. The van der Waals surface area contributed by atoms with Gasteiger partial charge >= 0.3 is 0 Å². The lowest BCUT2D eigenvalue weighted by molar-refractivity contribution is -0.119. The van der Waals surface area contributed by atoms with Crippen LogP contribution in [0.2, 0.25) is 0 Å². The maximum Gasteiger partial charge on any atom is 0.257 e. The van der Waals surface area contributed by atoms with E-state index in [2.05, 4.69) is 29.0 Å². The van der Waals surface area contributed by atoms with Crippen LogP contribution in [-0.4, -0.2) is 86.3 Å². The molecule has 2 amide bonds. The normalized spacial score (nSPS) is 21.9. The van der Waals surface area contributed by atoms with Gasteiger partial charge < -0.3 is 24.4 Å². The summed E-state index contributed by atoms with van der Waals surface area (Å²) in [5.74, 6) is 0.129. The number of carbonyl (C=O) groups excluding carboxylic acids is 2. The van der Waals surface area contributed by atoms with Crippen molar-refractivity contribution in [2.24, 2.45) is 5.92 Å². The van der Waals surface area contributed by atoms with Crippen molar-refractivity contribution in [2.75, 3.05) is 52.9 Å². The molecule has 0 radical (unpaired) electrons. The van der Waals surface area contributed by atoms with Crippen LogP contribution in [0.5, 0.6) is 5.75 Å². The maximum absolute atomic E-state index is 13.4. The topological polar surface area (TPSA) is 93.2 Å². The molecule has 9 nitrogen and oxygen atoms in total. The predicted octanol–water partition coefficient (Wildman–Crippen LogP) is 2.67. The molecule has 2 aromatic rings. The summed E-state index contributed by atoms with van der Waals surface area (Å²) in [5.41, 5.74) is 1.87. The zero-order valence-corrected chi connectivity index (χ0v) is 21.2. The molecule has 1 aromatic heterocycles. The van der Waals surface area contributed by atoms with Crippen molar-refractivity contribution < 1.29 is 23.8 Å². The van der Waals surface area contributed by atoms with Crippen molar-refractivity contribution in [1.29, 1.82) is 0 Å². The van der Waals surface area contributed by atoms with E-state index in [1.54, 1.807) is 43.5 Å². The Morgan fingerprint density at radius 1 is 1.20 bits per heavy atom. The fourth-order valence-electron chi connectivity index (χ4n) is 4.18. The van der Waals surface area contributed by atoms with E-state index in [4.69, 9.17) is 14.2 Å². The van der Waals surface area contributed by atoms with E-state index in [9.17, 15) is 9.59 Å². The molecule has 1 N–H and O–H groups in total. The molecule has 0 unspecified atom stereocenters. The number of likely N-dealkylation sites (N-methyl/N-ethyl adjacent to an activating group) is 1. The molecule has 0 aliphatic carbocycles. The van der Waals surface area contributed by atoms with Gasteiger partial charge in [0.15, 0.2) is 0 Å². The van der Waals surface area contributed by atoms with Gasteiger partial charge in [-0.25, -0.2) is 0 Å². The number of amides is 2. The Hall–Kier alpha value is -3.01. The fourth-order valence-corrected chi connectivity index (χ4v) is 4.18. The smallest absolute Gasteiger partial charge is 0.257 e. The third-order valence-electron chi connectivity index (χ3n) is 6.22. The Kier molecular flexibility index (Phi) is 9.59. The highest BCUT2D eigenvalue weighted by molar-refractivity contribution is 5.99. The van der Waals surface area contributed by atoms with E-state index in [1.165, 1.54) is 7.11 Å². The molecule has 2 heterocycles. The maximum atomic E-state index is 13.4. The Balaban J connectivity index is 1.92. The van der Waals surface area contributed by atoms with Crippen LogP contribution < -0.4 is 10.1 Å². The number of carbonyl (C=O) groups is 2. The Morgan fingerprint density at radius 3 is 2.69 bits per heavy atom. The van der Waals surface area contributed by atoms with Crippen LogP contribution in [0.25, 0.3) is 0 Å². The highest BCUT2D eigenvalue weighted by Crippen LogP contribution is 2.26. The van der Waals surface area contributed by atoms with Gasteiger partial charge in [0.2, 0.25) is 5.91 Å². The molecule has 3 rings (SSSR count). The van der Waals surface area contributed by atoms with Crippen molar-refractivity contribution in [1.82, 2.24) is 14.8 Å². The molecule has 190 valence electrons. The molecule has 1 aliphatic heterocycles. The fraction of sp³-hybridized carbons (Fsp3) is 0.500. The number of rotatable bonds is 6. The first-order valence-electron chi connectivity index (χ1n) is 11.8. The molecule has 35 heavy (non-hydrogen) atoms. The first-order valence-corrected chi connectivity index (χ1v) is 11.8. The van der Waals surface area contributed by atoms with E-state index >= 15 is 0 Å². The number of anilines is 1. The van der Waals surface area contributed by atoms with Gasteiger partial charge in [-0.2, -0.15) is 0 Å². The van der Waals surface area contributed by atoms with Gasteiger partial charge in [-0.3, -0.25) is 19.5 Å². The Labute approximate surface area is 207 Å². The SMILES string of the molecule is COCC(=O)Nc1ccc2c(c1)C(=O)N(C)C[C@@H](OC)[C@@H](C)CN(Cc1ccccn1)[C@@H](C)CO2. The monoisotopic (exact) mass is 484 g/mol. The summed E-state index contributed by atoms with van der Waals surface area (Å²) in [7, 11) is 4.88. The molecule has 0 saturated carbocycles. The molecule has 0 bridgehead atoms. The first-order chi connectivity index (χ1) is 16.8. The number of methoxy groups -OCH3 is 2. The minimum Gasteiger partial charge on any atom is -0.491 e. The number of ether oxygens (including phenoxy) is 3. The summed E-state index contributed by atoms with van der Waals surface area (Å²) in [5, 5.41) is 2.75. The number of benzene rings is 1. The van der Waals surface area contributed by atoms with Crippen LogP contribution in [0.15, 0.2) is 42.6 Å². The predicted molar refractivity (Wildman–Crippen MR) is 133 cm³/mol. The second-order valence-corrected chi connectivity index (χ2v) is 9.04. The standard InChI is InChI=1S/C26H36N4O5/c1-18-13-30(14-21-8-6-7-11-27-21)19(2)16-35-23-10-9-20(28-25(31)17-33-4)12-22(23)26(32)29(3)15-24(18)34-5/h6-12,18-19,24H,13-17H2,1-5H3,(H,28,31)/t18-,19-,24+/m0/s1. The van der Waals surface area contributed by atoms with Crippen LogP contribution >= 0.6 is 0 Å². The highest BCUT2D eigenvalue weighted by atomic mass is 16.5. The van der Waals surface area contributed by atoms with Crippen LogP contribution in [-0.2, 0) is 20.8 Å². The minimum absolute atomic E-state index is 0.0538. The van der Waals surface area contributed by atoms with Crippen LogP contribution in [0.1, 0.15) is 29.9 Å². The number of nitrogens with one attached hydrogen (secondary N) is 1. The van der Waals surface area contributed by atoms with Crippen molar-refractivity contribution in [3.05, 3.63) is 53.9 Å². The number of hydrogen-bond donors (Lipinski definition) is 1. The number of aromatic nitrogens is 1. The summed E-state index contributed by atoms with van der Waals surface area (Å²) in [6, 6.07) is 11.1. The number of nitrogens with zero attached hydrogens (tertiary/aromatic N) is 3. The molecule has 0 saturated heterocycles. The van der Waals surface area contributed by atoms with Crippen LogP contribution in [0, 0.1) is 5.92 Å². The second-order valence-electron chi connectivity index (χ2n) is 9.04. The summed E-state index contributed by atoms with van der Waals surface area (Å²) < 4.78 is 16.9. The molecule has 9 heteroatoms. The van der Waals surface area contributed by atoms with E-state index in [-0.39, 0.29) is 36.5 Å². The van der Waals surface area contributed by atoms with E-state index < -0.39 is 0 Å². The zero-order valence-electron chi connectivity index (χ0n) is 21.2. The Morgan fingerprint density at radius 2 is 2.00 bits per heavy atom. The molecular formula is C26H36N4O5. The lowest BCUT2D eigenvalue weighted by atomic mass is 10.0. The van der Waals surface area contributed by atoms with E-state index in [1.807, 2.05) is 18.2 Å². The molecule has 0 spiro atoms. The quantitative estimate of drug-likeness (QED) is 0.674. The molecule has 1 aliphatic rings. The summed E-state index contributed by atoms with van der Waals surface area (Å²) in [6.07, 6.45) is 1.64. The molecule has 1 aromatic carbocycles. The number of hydrogen-bond acceptors (Lipinski definition) is 7. The van der Waals surface area contributed by atoms with Gasteiger partial charge in [0, 0.05) is 58.8 Å². The van der Waals surface area contributed by atoms with Crippen molar-refractivity contribution in [3.8, 4) is 5.75 Å². The van der Waals surface area contributed by atoms with Crippen molar-refractivity contribution in [2.45, 2.75) is 32.5 Å². The van der Waals surface area contributed by atoms with Crippen LogP contribution in [0.3, 0.4) is 0 Å². The van der Waals surface area contributed by atoms with Crippen LogP contribution in [0.4, 0.5) is 5.69 Å². The van der Waals surface area contributed by atoms with Gasteiger partial charge in [0.05, 0.1) is 17.4 Å².